The summed E-state index contributed by atoms with van der Waals surface area (Å²) in [7, 11) is 1.78. The van der Waals surface area contributed by atoms with Crippen LogP contribution in [0.2, 0.25) is 0 Å². The van der Waals surface area contributed by atoms with Crippen LogP contribution in [0.25, 0.3) is 0 Å². The van der Waals surface area contributed by atoms with E-state index in [0.29, 0.717) is 17.8 Å². The normalized spacial score (nSPS) is 35.7. The Labute approximate surface area is 148 Å². The minimum absolute atomic E-state index is 0.194. The fourth-order valence-corrected chi connectivity index (χ4v) is 7.86. The Morgan fingerprint density at radius 1 is 1.23 bits per heavy atom. The molecule has 0 aromatic rings. The first-order valence-corrected chi connectivity index (χ1v) is 11.6. The van der Waals surface area contributed by atoms with Crippen LogP contribution in [0.3, 0.4) is 0 Å². The van der Waals surface area contributed by atoms with Crippen LogP contribution in [0.5, 0.6) is 0 Å². The van der Waals surface area contributed by atoms with Gasteiger partial charge in [0.2, 0.25) is 0 Å². The van der Waals surface area contributed by atoms with E-state index in [1.165, 1.54) is 36.5 Å². The Morgan fingerprint density at radius 2 is 1.91 bits per heavy atom. The van der Waals surface area contributed by atoms with Crippen LogP contribution in [0.4, 0.5) is 0 Å². The summed E-state index contributed by atoms with van der Waals surface area (Å²) >= 11 is 0.194. The molecular weight excluding hydrogens is 387 g/mol. The molecule has 0 aliphatic heterocycles. The van der Waals surface area contributed by atoms with Crippen molar-refractivity contribution in [2.24, 2.45) is 17.8 Å². The molecule has 1 rings (SSSR count). The molecule has 0 amide bonds. The number of aliphatic hydroxyl groups is 1. The molecule has 0 radical (unpaired) electrons. The van der Waals surface area contributed by atoms with Gasteiger partial charge in [-0.15, -0.1) is 0 Å². The van der Waals surface area contributed by atoms with Gasteiger partial charge in [0, 0.05) is 0 Å². The Morgan fingerprint density at radius 3 is 2.55 bits per heavy atom. The zero-order valence-corrected chi connectivity index (χ0v) is 17.1. The molecule has 5 atom stereocenters. The Kier molecular flexibility index (Phi) is 9.56. The first kappa shape index (κ1) is 20.4. The van der Waals surface area contributed by atoms with Gasteiger partial charge >= 0.3 is 148 Å². The number of ether oxygens (including phenoxy) is 1. The number of rotatable bonds is 10. The quantitative estimate of drug-likeness (QED) is 0.248. The second-order valence-corrected chi connectivity index (χ2v) is 10.6. The number of unbranched alkanes of at least 4 members (excludes halogenated alkanes) is 3. The van der Waals surface area contributed by atoms with E-state index < -0.39 is 5.60 Å². The molecule has 0 aromatic carbocycles. The van der Waals surface area contributed by atoms with E-state index >= 15 is 0 Å². The summed E-state index contributed by atoms with van der Waals surface area (Å²) in [6.07, 6.45) is 9.60. The first-order chi connectivity index (χ1) is 10.4. The number of halogens is 1. The van der Waals surface area contributed by atoms with Crippen molar-refractivity contribution in [2.75, 3.05) is 18.1 Å². The fraction of sp³-hybridized carbons (Fsp3) is 0.895. The van der Waals surface area contributed by atoms with Crippen LogP contribution in [0.15, 0.2) is 12.7 Å². The molecule has 1 N–H and O–H groups in total. The van der Waals surface area contributed by atoms with Crippen molar-refractivity contribution >= 4 is 0 Å². The second-order valence-electron chi connectivity index (χ2n) is 7.09. The Bertz CT molecular complexity index is 317. The molecule has 132 valence electrons. The van der Waals surface area contributed by atoms with E-state index in [9.17, 15) is 5.11 Å². The number of methoxy groups -OCH3 is 1. The van der Waals surface area contributed by atoms with Crippen LogP contribution >= 0.6 is 0 Å². The number of alkyl halides is 2. The molecule has 1 fully saturated rings. The number of hydrogen-bond acceptors (Lipinski definition) is 2. The van der Waals surface area contributed by atoms with Crippen molar-refractivity contribution in [3.63, 3.8) is 0 Å². The van der Waals surface area contributed by atoms with Crippen LogP contribution in [0, 0.1) is 17.8 Å². The predicted molar refractivity (Wildman–Crippen MR) is 90.9 cm³/mol. The van der Waals surface area contributed by atoms with Gasteiger partial charge < -0.3 is 0 Å². The van der Waals surface area contributed by atoms with Crippen molar-refractivity contribution in [3.8, 4) is 0 Å². The monoisotopic (exact) mass is 423 g/mol. The molecule has 1 saturated carbocycles. The second kappa shape index (κ2) is 10.3. The first-order valence-electron chi connectivity index (χ1n) is 8.85. The summed E-state index contributed by atoms with van der Waals surface area (Å²) < 4.78 is 7.28. The molecule has 0 heterocycles. The van der Waals surface area contributed by atoms with Crippen LogP contribution in [0.1, 0.15) is 59.3 Å². The van der Waals surface area contributed by atoms with Crippen LogP contribution < -0.4 is 21.2 Å². The molecular formula is C19H36IO2-. The summed E-state index contributed by atoms with van der Waals surface area (Å²) in [5.41, 5.74) is -0.505. The van der Waals surface area contributed by atoms with E-state index in [1.54, 1.807) is 7.11 Å². The van der Waals surface area contributed by atoms with Crippen LogP contribution in [-0.4, -0.2) is 32.8 Å². The summed E-state index contributed by atoms with van der Waals surface area (Å²) in [5, 5.41) is 10.9. The SMILES string of the molecule is C=CCC1C[C@@H]([I-]CCCCCCOC)C(C)[C@](C)(O)[C@H]1C. The third-order valence-corrected chi connectivity index (χ3v) is 9.73. The molecule has 1 aliphatic rings. The zero-order valence-electron chi connectivity index (χ0n) is 15.0. The third-order valence-electron chi connectivity index (χ3n) is 5.63. The van der Waals surface area contributed by atoms with Crippen molar-refractivity contribution < 1.29 is 31.0 Å². The molecule has 0 saturated heterocycles. The van der Waals surface area contributed by atoms with Gasteiger partial charge in [-0.05, 0) is 0 Å². The summed E-state index contributed by atoms with van der Waals surface area (Å²) in [6, 6.07) is 0. The van der Waals surface area contributed by atoms with Gasteiger partial charge in [-0.1, -0.05) is 0 Å². The van der Waals surface area contributed by atoms with Crippen molar-refractivity contribution in [1.82, 2.24) is 0 Å². The maximum atomic E-state index is 10.9. The molecule has 2 unspecified atom stereocenters. The maximum absolute atomic E-state index is 10.9. The van der Waals surface area contributed by atoms with E-state index in [-0.39, 0.29) is 21.2 Å². The summed E-state index contributed by atoms with van der Waals surface area (Å²) in [4.78, 5) is 0. The molecule has 0 aromatic heterocycles. The average molecular weight is 423 g/mol. The van der Waals surface area contributed by atoms with E-state index in [2.05, 4.69) is 27.4 Å². The zero-order chi connectivity index (χ0) is 16.6. The standard InChI is InChI=1S/C19H36IO2/c1-6-11-17-14-18(16(3)19(4,21)15(17)2)20-12-9-7-8-10-13-22-5/h6,15-18,21H,1,7-14H2,2-5H3/q-1/t15-,16?,17?,18+,19+/m0/s1. The fourth-order valence-electron chi connectivity index (χ4n) is 3.58. The van der Waals surface area contributed by atoms with Gasteiger partial charge in [-0.25, -0.2) is 0 Å². The topological polar surface area (TPSA) is 29.5 Å². The molecule has 2 nitrogen and oxygen atoms in total. The summed E-state index contributed by atoms with van der Waals surface area (Å²) in [6.45, 7) is 11.4. The van der Waals surface area contributed by atoms with E-state index in [4.69, 9.17) is 4.74 Å². The third kappa shape index (κ3) is 5.79. The van der Waals surface area contributed by atoms with Crippen molar-refractivity contribution in [2.45, 2.75) is 68.8 Å². The van der Waals surface area contributed by atoms with Crippen LogP contribution in [-0.2, 0) is 4.74 Å². The van der Waals surface area contributed by atoms with Gasteiger partial charge in [0.05, 0.1) is 0 Å². The Balaban J connectivity index is 2.39. The minimum atomic E-state index is -0.505. The van der Waals surface area contributed by atoms with E-state index in [1.807, 2.05) is 6.08 Å². The number of hydrogen-bond donors (Lipinski definition) is 1. The van der Waals surface area contributed by atoms with Gasteiger partial charge in [-0.2, -0.15) is 0 Å². The predicted octanol–water partition coefficient (Wildman–Crippen LogP) is 1.27. The average Bonchev–Trinajstić information content (AvgIpc) is 2.49. The van der Waals surface area contributed by atoms with E-state index in [0.717, 1.165) is 17.0 Å². The molecule has 22 heavy (non-hydrogen) atoms. The Hall–Kier alpha value is 0.390. The van der Waals surface area contributed by atoms with Crippen molar-refractivity contribution in [3.05, 3.63) is 12.7 Å². The number of allylic oxidation sites excluding steroid dienone is 1. The molecule has 3 heteroatoms. The van der Waals surface area contributed by atoms with Crippen molar-refractivity contribution in [1.29, 1.82) is 0 Å². The molecule has 1 aliphatic carbocycles. The van der Waals surface area contributed by atoms with Gasteiger partial charge in [0.15, 0.2) is 0 Å². The molecule has 0 spiro atoms. The summed E-state index contributed by atoms with van der Waals surface area (Å²) in [5.74, 6) is 1.45. The molecule has 0 bridgehead atoms. The van der Waals surface area contributed by atoms with Gasteiger partial charge in [-0.3, -0.25) is 0 Å². The van der Waals surface area contributed by atoms with Gasteiger partial charge in [0.25, 0.3) is 0 Å². The van der Waals surface area contributed by atoms with Gasteiger partial charge in [0.1, 0.15) is 0 Å².